The first-order chi connectivity index (χ1) is 8.00. The van der Waals surface area contributed by atoms with Gasteiger partial charge in [-0.3, -0.25) is 4.79 Å². The van der Waals surface area contributed by atoms with Crippen LogP contribution in [0.15, 0.2) is 12.1 Å². The summed E-state index contributed by atoms with van der Waals surface area (Å²) in [6.45, 7) is 0. The monoisotopic (exact) mass is 240 g/mol. The fourth-order valence-corrected chi connectivity index (χ4v) is 2.15. The van der Waals surface area contributed by atoms with Gasteiger partial charge in [-0.05, 0) is 18.9 Å². The zero-order chi connectivity index (χ0) is 12.6. The molecule has 1 aromatic carbocycles. The molecule has 1 fully saturated rings. The van der Waals surface area contributed by atoms with E-state index in [2.05, 4.69) is 0 Å². The lowest BCUT2D eigenvalue weighted by atomic mass is 9.91. The first-order valence-corrected chi connectivity index (χ1v) is 5.28. The van der Waals surface area contributed by atoms with Crippen LogP contribution in [0, 0.1) is 5.82 Å². The first kappa shape index (κ1) is 11.7. The average Bonchev–Trinajstić information content (AvgIpc) is 3.01. The summed E-state index contributed by atoms with van der Waals surface area (Å²) in [6, 6.07) is 2.62. The minimum Gasteiger partial charge on any atom is -0.502 e. The lowest BCUT2D eigenvalue weighted by Crippen LogP contribution is -2.14. The van der Waals surface area contributed by atoms with Crippen molar-refractivity contribution in [1.29, 1.82) is 0 Å². The van der Waals surface area contributed by atoms with Crippen molar-refractivity contribution in [2.45, 2.75) is 24.7 Å². The molecule has 2 N–H and O–H groups in total. The highest BCUT2D eigenvalue weighted by Gasteiger charge is 2.48. The number of methoxy groups -OCH3 is 1. The van der Waals surface area contributed by atoms with Gasteiger partial charge in [-0.15, -0.1) is 0 Å². The summed E-state index contributed by atoms with van der Waals surface area (Å²) < 4.78 is 18.2. The van der Waals surface area contributed by atoms with E-state index >= 15 is 0 Å². The summed E-state index contributed by atoms with van der Waals surface area (Å²) in [5.74, 6) is -2.18. The summed E-state index contributed by atoms with van der Waals surface area (Å²) in [5, 5.41) is 18.4. The highest BCUT2D eigenvalue weighted by molar-refractivity contribution is 5.71. The van der Waals surface area contributed by atoms with Crippen LogP contribution in [-0.4, -0.2) is 23.3 Å². The maximum atomic E-state index is 13.2. The fraction of sp³-hybridized carbons (Fsp3) is 0.417. The van der Waals surface area contributed by atoms with E-state index in [9.17, 15) is 14.3 Å². The Bertz CT molecular complexity index is 466. The molecule has 0 unspecified atom stereocenters. The van der Waals surface area contributed by atoms with E-state index in [1.54, 1.807) is 0 Å². The van der Waals surface area contributed by atoms with Crippen molar-refractivity contribution in [2.75, 3.05) is 7.11 Å². The molecule has 0 aromatic heterocycles. The van der Waals surface area contributed by atoms with E-state index in [-0.39, 0.29) is 12.2 Å². The number of phenolic OH excluding ortho intramolecular Hbond substituents is 1. The van der Waals surface area contributed by atoms with Crippen LogP contribution in [0.5, 0.6) is 11.5 Å². The number of benzene rings is 1. The topological polar surface area (TPSA) is 66.8 Å². The van der Waals surface area contributed by atoms with E-state index in [1.807, 2.05) is 0 Å². The Hall–Kier alpha value is -1.78. The van der Waals surface area contributed by atoms with Crippen molar-refractivity contribution >= 4 is 5.97 Å². The van der Waals surface area contributed by atoms with E-state index in [1.165, 1.54) is 13.2 Å². The third kappa shape index (κ3) is 1.92. The largest absolute Gasteiger partial charge is 0.502 e. The average molecular weight is 240 g/mol. The molecule has 1 aliphatic rings. The van der Waals surface area contributed by atoms with Gasteiger partial charge in [0.05, 0.1) is 13.5 Å². The summed E-state index contributed by atoms with van der Waals surface area (Å²) in [6.07, 6.45) is 1.38. The number of carbonyl (C=O) groups is 1. The molecule has 2 rings (SSSR count). The normalized spacial score (nSPS) is 16.6. The summed E-state index contributed by atoms with van der Waals surface area (Å²) in [4.78, 5) is 10.8. The number of carboxylic acid groups (broad SMARTS) is 1. The number of hydrogen-bond acceptors (Lipinski definition) is 3. The molecule has 0 saturated heterocycles. The van der Waals surface area contributed by atoms with Crippen LogP contribution in [-0.2, 0) is 10.2 Å². The second kappa shape index (κ2) is 3.91. The Morgan fingerprint density at radius 3 is 2.65 bits per heavy atom. The zero-order valence-corrected chi connectivity index (χ0v) is 9.36. The fourth-order valence-electron chi connectivity index (χ4n) is 2.15. The number of phenols is 1. The second-order valence-electron chi connectivity index (χ2n) is 4.33. The number of carboxylic acids is 1. The molecule has 17 heavy (non-hydrogen) atoms. The summed E-state index contributed by atoms with van der Waals surface area (Å²) in [7, 11) is 1.33. The minimum absolute atomic E-state index is 0.0333. The third-order valence-electron chi connectivity index (χ3n) is 3.20. The van der Waals surface area contributed by atoms with E-state index in [4.69, 9.17) is 9.84 Å². The van der Waals surface area contributed by atoms with E-state index < -0.39 is 23.0 Å². The van der Waals surface area contributed by atoms with Gasteiger partial charge in [0.25, 0.3) is 0 Å². The Labute approximate surface area is 97.6 Å². The molecule has 1 aromatic rings. The van der Waals surface area contributed by atoms with Gasteiger partial charge in [0.2, 0.25) is 0 Å². The van der Waals surface area contributed by atoms with Gasteiger partial charge in [-0.1, -0.05) is 6.07 Å². The van der Waals surface area contributed by atoms with Crippen LogP contribution < -0.4 is 4.74 Å². The van der Waals surface area contributed by atoms with Gasteiger partial charge in [0.15, 0.2) is 17.3 Å². The second-order valence-corrected chi connectivity index (χ2v) is 4.33. The molecular weight excluding hydrogens is 227 g/mol. The predicted octanol–water partition coefficient (Wildman–Crippen LogP) is 2.05. The predicted molar refractivity (Wildman–Crippen MR) is 57.8 cm³/mol. The van der Waals surface area contributed by atoms with Gasteiger partial charge in [-0.25, -0.2) is 4.39 Å². The molecule has 0 aliphatic heterocycles. The van der Waals surface area contributed by atoms with Crippen LogP contribution in [0.25, 0.3) is 0 Å². The highest BCUT2D eigenvalue weighted by atomic mass is 19.1. The maximum Gasteiger partial charge on any atom is 0.304 e. The number of ether oxygens (including phenoxy) is 1. The molecule has 0 spiro atoms. The van der Waals surface area contributed by atoms with Gasteiger partial charge >= 0.3 is 5.97 Å². The molecule has 5 heteroatoms. The molecule has 1 saturated carbocycles. The van der Waals surface area contributed by atoms with Crippen LogP contribution in [0.2, 0.25) is 0 Å². The standard InChI is InChI=1S/C12H13FO4/c1-17-11-7(2-3-8(13)10(11)16)12(4-5-12)6-9(14)15/h2-3,16H,4-6H2,1H3,(H,14,15). The van der Waals surface area contributed by atoms with Crippen molar-refractivity contribution in [3.05, 3.63) is 23.5 Å². The van der Waals surface area contributed by atoms with E-state index in [0.29, 0.717) is 18.4 Å². The first-order valence-electron chi connectivity index (χ1n) is 5.28. The Balaban J connectivity index is 2.46. The van der Waals surface area contributed by atoms with Crippen LogP contribution in [0.4, 0.5) is 4.39 Å². The van der Waals surface area contributed by atoms with Crippen molar-refractivity contribution in [2.24, 2.45) is 0 Å². The van der Waals surface area contributed by atoms with Crippen molar-refractivity contribution in [3.8, 4) is 11.5 Å². The molecule has 0 bridgehead atoms. The quantitative estimate of drug-likeness (QED) is 0.845. The highest BCUT2D eigenvalue weighted by Crippen LogP contribution is 2.55. The van der Waals surface area contributed by atoms with Crippen molar-refractivity contribution in [1.82, 2.24) is 0 Å². The van der Waals surface area contributed by atoms with Crippen molar-refractivity contribution < 1.29 is 24.1 Å². The molecule has 92 valence electrons. The molecule has 1 aliphatic carbocycles. The summed E-state index contributed by atoms with van der Waals surface area (Å²) >= 11 is 0. The maximum absolute atomic E-state index is 13.2. The Morgan fingerprint density at radius 2 is 2.18 bits per heavy atom. The Morgan fingerprint density at radius 1 is 1.53 bits per heavy atom. The van der Waals surface area contributed by atoms with Crippen molar-refractivity contribution in [3.63, 3.8) is 0 Å². The van der Waals surface area contributed by atoms with Gasteiger partial charge in [-0.2, -0.15) is 0 Å². The number of halogens is 1. The SMILES string of the molecule is COc1c(C2(CC(=O)O)CC2)ccc(F)c1O. The third-order valence-corrected chi connectivity index (χ3v) is 3.20. The lowest BCUT2D eigenvalue weighted by molar-refractivity contribution is -0.137. The van der Waals surface area contributed by atoms with E-state index in [0.717, 1.165) is 6.07 Å². The molecule has 0 heterocycles. The lowest BCUT2D eigenvalue weighted by Gasteiger charge is -2.18. The minimum atomic E-state index is -0.909. The van der Waals surface area contributed by atoms with Crippen LogP contribution >= 0.6 is 0 Å². The molecule has 0 amide bonds. The molecule has 0 atom stereocenters. The molecule has 4 nitrogen and oxygen atoms in total. The zero-order valence-electron chi connectivity index (χ0n) is 9.36. The summed E-state index contributed by atoms with van der Waals surface area (Å²) in [5.41, 5.74) is 0.0591. The van der Waals surface area contributed by atoms with Crippen LogP contribution in [0.3, 0.4) is 0 Å². The van der Waals surface area contributed by atoms with Gasteiger partial charge in [0, 0.05) is 11.0 Å². The van der Waals surface area contributed by atoms with Gasteiger partial charge in [0.1, 0.15) is 0 Å². The Kier molecular flexibility index (Phi) is 2.69. The molecular formula is C12H13FO4. The number of aliphatic carboxylic acids is 1. The molecule has 0 radical (unpaired) electrons. The number of rotatable bonds is 4. The smallest absolute Gasteiger partial charge is 0.304 e. The number of aromatic hydroxyl groups is 1. The number of hydrogen-bond donors (Lipinski definition) is 2. The van der Waals surface area contributed by atoms with Crippen LogP contribution in [0.1, 0.15) is 24.8 Å². The van der Waals surface area contributed by atoms with Gasteiger partial charge < -0.3 is 14.9 Å².